The van der Waals surface area contributed by atoms with Crippen molar-refractivity contribution >= 4 is 17.8 Å². The number of amides is 1. The van der Waals surface area contributed by atoms with Gasteiger partial charge in [0.1, 0.15) is 23.7 Å². The molecule has 1 amide bonds. The van der Waals surface area contributed by atoms with E-state index in [1.165, 1.54) is 26.3 Å². The van der Waals surface area contributed by atoms with Crippen LogP contribution < -0.4 is 24.3 Å². The molecule has 4 atom stereocenters. The minimum atomic E-state index is -1.16. The van der Waals surface area contributed by atoms with Crippen molar-refractivity contribution in [3.8, 4) is 23.0 Å². The van der Waals surface area contributed by atoms with Crippen LogP contribution in [-0.4, -0.2) is 75.3 Å². The zero-order valence-electron chi connectivity index (χ0n) is 25.7. The number of carbonyl (C=O) groups is 3. The summed E-state index contributed by atoms with van der Waals surface area (Å²) in [6, 6.07) is 17.4. The molecule has 0 saturated carbocycles. The molecule has 0 bridgehead atoms. The first kappa shape index (κ1) is 33.1. The molecule has 2 aromatic carbocycles. The van der Waals surface area contributed by atoms with Gasteiger partial charge in [0.05, 0.1) is 20.8 Å². The van der Waals surface area contributed by atoms with Crippen molar-refractivity contribution in [2.45, 2.75) is 44.9 Å². The van der Waals surface area contributed by atoms with Gasteiger partial charge in [0.25, 0.3) is 5.91 Å². The number of cyclic esters (lactones) is 1. The summed E-state index contributed by atoms with van der Waals surface area (Å²) in [5.41, 5.74) is 0.894. The van der Waals surface area contributed by atoms with E-state index in [1.807, 2.05) is 54.6 Å². The van der Waals surface area contributed by atoms with Crippen LogP contribution in [-0.2, 0) is 30.2 Å². The smallest absolute Gasteiger partial charge is 0.331 e. The quantitative estimate of drug-likeness (QED) is 0.247. The molecule has 2 heterocycles. The zero-order chi connectivity index (χ0) is 32.2. The number of rotatable bonds is 11. The van der Waals surface area contributed by atoms with Crippen LogP contribution in [0.5, 0.6) is 23.0 Å². The lowest BCUT2D eigenvalue weighted by atomic mass is 9.88. The molecule has 12 heteroatoms. The Hall–Kier alpha value is -4.84. The minimum Gasteiger partial charge on any atom is -0.497 e. The number of aromatic nitrogens is 1. The first-order chi connectivity index (χ1) is 21.8. The predicted molar refractivity (Wildman–Crippen MR) is 161 cm³/mol. The first-order valence-electron chi connectivity index (χ1n) is 14.5. The van der Waals surface area contributed by atoms with Crippen LogP contribution in [0.4, 0.5) is 0 Å². The Balaban J connectivity index is 1.53. The van der Waals surface area contributed by atoms with E-state index in [9.17, 15) is 14.4 Å². The van der Waals surface area contributed by atoms with Gasteiger partial charge in [-0.25, -0.2) is 9.78 Å². The molecule has 0 spiro atoms. The Morgan fingerprint density at radius 2 is 1.76 bits per heavy atom. The molecule has 4 rings (SSSR count). The summed E-state index contributed by atoms with van der Waals surface area (Å²) in [7, 11) is 3.01. The van der Waals surface area contributed by atoms with Gasteiger partial charge in [0, 0.05) is 31.7 Å². The molecule has 1 aliphatic rings. The number of esters is 2. The molecule has 0 radical (unpaired) electrons. The van der Waals surface area contributed by atoms with E-state index in [1.54, 1.807) is 14.0 Å². The largest absolute Gasteiger partial charge is 0.497 e. The van der Waals surface area contributed by atoms with Gasteiger partial charge in [-0.1, -0.05) is 30.3 Å². The highest BCUT2D eigenvalue weighted by atomic mass is 16.7. The summed E-state index contributed by atoms with van der Waals surface area (Å²) < 4.78 is 39.2. The van der Waals surface area contributed by atoms with Crippen molar-refractivity contribution in [3.05, 3.63) is 78.1 Å². The van der Waals surface area contributed by atoms with Gasteiger partial charge in [0.2, 0.25) is 6.79 Å². The summed E-state index contributed by atoms with van der Waals surface area (Å²) in [5, 5.41) is 2.64. The topological polar surface area (TPSA) is 141 Å². The molecule has 0 unspecified atom stereocenters. The van der Waals surface area contributed by atoms with E-state index < -0.39 is 42.9 Å². The number of ether oxygens (including phenoxy) is 7. The lowest BCUT2D eigenvalue weighted by Crippen LogP contribution is -2.50. The maximum Gasteiger partial charge on any atom is 0.331 e. The standard InChI is InChI=1S/C33H38N2O10/c1-21-30(45-26-8-6-5-7-9-26)24(18-23-10-12-25(39-3)13-11-23)15-17-41-19-27(33(38)44-21)35-32(37)29-31(43-20-42-22(2)36)28(40-4)14-16-34-29/h5-14,16,21,24,27,30H,15,17-20H2,1-4H3,(H,35,37)/t21-,24+,27-,30-/m0/s1. The van der Waals surface area contributed by atoms with Crippen molar-refractivity contribution < 1.29 is 47.5 Å². The van der Waals surface area contributed by atoms with Crippen molar-refractivity contribution in [3.63, 3.8) is 0 Å². The second kappa shape index (κ2) is 16.3. The number of nitrogens with zero attached hydrogens (tertiary/aromatic N) is 1. The molecule has 1 aromatic heterocycles. The molecular formula is C33H38N2O10. The van der Waals surface area contributed by atoms with Gasteiger partial charge >= 0.3 is 11.9 Å². The van der Waals surface area contributed by atoms with Crippen LogP contribution >= 0.6 is 0 Å². The summed E-state index contributed by atoms with van der Waals surface area (Å²) in [6.07, 6.45) is 1.38. The van der Waals surface area contributed by atoms with E-state index in [0.29, 0.717) is 25.2 Å². The predicted octanol–water partition coefficient (Wildman–Crippen LogP) is 3.76. The molecule has 45 heavy (non-hydrogen) atoms. The normalized spacial score (nSPS) is 20.2. The maximum atomic E-state index is 13.5. The molecule has 1 aliphatic heterocycles. The van der Waals surface area contributed by atoms with Gasteiger partial charge in [0.15, 0.2) is 23.2 Å². The minimum absolute atomic E-state index is 0.0565. The molecule has 240 valence electrons. The van der Waals surface area contributed by atoms with Crippen molar-refractivity contribution in [1.29, 1.82) is 0 Å². The van der Waals surface area contributed by atoms with Crippen LogP contribution in [0.2, 0.25) is 0 Å². The van der Waals surface area contributed by atoms with Gasteiger partial charge in [-0.3, -0.25) is 9.59 Å². The Bertz CT molecular complexity index is 1420. The average molecular weight is 623 g/mol. The lowest BCUT2D eigenvalue weighted by molar-refractivity contribution is -0.160. The average Bonchev–Trinajstić information content (AvgIpc) is 3.04. The summed E-state index contributed by atoms with van der Waals surface area (Å²) in [4.78, 5) is 42.2. The Kier molecular flexibility index (Phi) is 12.0. The number of carbonyl (C=O) groups excluding carboxylic acids is 3. The number of benzene rings is 2. The van der Waals surface area contributed by atoms with Crippen LogP contribution in [0.1, 0.15) is 36.3 Å². The SMILES string of the molecule is COc1ccc(C[C@H]2CCOC[C@H](NC(=O)c3nccc(OC)c3OCOC(C)=O)C(=O)O[C@@H](C)[C@@H]2Oc2ccccc2)cc1. The van der Waals surface area contributed by atoms with Gasteiger partial charge in [-0.15, -0.1) is 0 Å². The Morgan fingerprint density at radius 1 is 1.00 bits per heavy atom. The molecule has 0 aliphatic carbocycles. The molecule has 3 aromatic rings. The first-order valence-corrected chi connectivity index (χ1v) is 14.5. The van der Waals surface area contributed by atoms with Crippen molar-refractivity contribution in [2.75, 3.05) is 34.2 Å². The van der Waals surface area contributed by atoms with E-state index in [-0.39, 0.29) is 29.7 Å². The Morgan fingerprint density at radius 3 is 2.44 bits per heavy atom. The number of hydrogen-bond acceptors (Lipinski definition) is 11. The fourth-order valence-electron chi connectivity index (χ4n) is 4.91. The highest BCUT2D eigenvalue weighted by Crippen LogP contribution is 2.30. The molecule has 12 nitrogen and oxygen atoms in total. The summed E-state index contributed by atoms with van der Waals surface area (Å²) >= 11 is 0. The number of hydrogen-bond donors (Lipinski definition) is 1. The number of methoxy groups -OCH3 is 2. The number of para-hydroxylation sites is 1. The van der Waals surface area contributed by atoms with E-state index >= 15 is 0 Å². The third-order valence-electron chi connectivity index (χ3n) is 7.18. The highest BCUT2D eigenvalue weighted by molar-refractivity contribution is 5.98. The van der Waals surface area contributed by atoms with Crippen LogP contribution in [0, 0.1) is 5.92 Å². The maximum absolute atomic E-state index is 13.5. The molecular weight excluding hydrogens is 584 g/mol. The lowest BCUT2D eigenvalue weighted by Gasteiger charge is -2.34. The van der Waals surface area contributed by atoms with Crippen LogP contribution in [0.3, 0.4) is 0 Å². The van der Waals surface area contributed by atoms with E-state index in [0.717, 1.165) is 11.3 Å². The Labute approximate surface area is 261 Å². The second-order valence-electron chi connectivity index (χ2n) is 10.3. The number of pyridine rings is 1. The van der Waals surface area contributed by atoms with Gasteiger partial charge in [-0.2, -0.15) is 0 Å². The summed E-state index contributed by atoms with van der Waals surface area (Å²) in [5.74, 6) is -0.565. The summed E-state index contributed by atoms with van der Waals surface area (Å²) in [6.45, 7) is 2.70. The van der Waals surface area contributed by atoms with Crippen LogP contribution in [0.15, 0.2) is 66.9 Å². The van der Waals surface area contributed by atoms with E-state index in [4.69, 9.17) is 33.2 Å². The van der Waals surface area contributed by atoms with Gasteiger partial charge in [-0.05, 0) is 49.6 Å². The molecule has 1 N–H and O–H groups in total. The van der Waals surface area contributed by atoms with E-state index in [2.05, 4.69) is 10.3 Å². The third-order valence-corrected chi connectivity index (χ3v) is 7.18. The second-order valence-corrected chi connectivity index (χ2v) is 10.3. The molecule has 1 saturated heterocycles. The fourth-order valence-corrected chi connectivity index (χ4v) is 4.91. The third kappa shape index (κ3) is 9.32. The fraction of sp³-hybridized carbons (Fsp3) is 0.394. The monoisotopic (exact) mass is 622 g/mol. The van der Waals surface area contributed by atoms with Crippen molar-refractivity contribution in [1.82, 2.24) is 10.3 Å². The zero-order valence-corrected chi connectivity index (χ0v) is 25.7. The molecule has 1 fully saturated rings. The van der Waals surface area contributed by atoms with Gasteiger partial charge < -0.3 is 38.5 Å². The van der Waals surface area contributed by atoms with Crippen molar-refractivity contribution in [2.24, 2.45) is 5.92 Å². The highest BCUT2D eigenvalue weighted by Gasteiger charge is 2.36. The number of nitrogens with one attached hydrogen (secondary N) is 1. The van der Waals surface area contributed by atoms with Crippen LogP contribution in [0.25, 0.3) is 0 Å².